The smallest absolute Gasteiger partial charge is 0.240 e. The Morgan fingerprint density at radius 2 is 1.85 bits per heavy atom. The lowest BCUT2D eigenvalue weighted by Crippen LogP contribution is -2.48. The van der Waals surface area contributed by atoms with Crippen LogP contribution < -0.4 is 10.6 Å². The molecule has 0 aliphatic heterocycles. The van der Waals surface area contributed by atoms with E-state index < -0.39 is 6.10 Å². The van der Waals surface area contributed by atoms with Crippen LogP contribution in [0.3, 0.4) is 0 Å². The van der Waals surface area contributed by atoms with Crippen molar-refractivity contribution in [1.29, 1.82) is 0 Å². The Hall–Kier alpha value is -1.35. The van der Waals surface area contributed by atoms with Crippen molar-refractivity contribution >= 4 is 35.8 Å². The minimum Gasteiger partial charge on any atom is -0.386 e. The number of aliphatic hydroxyl groups excluding tert-OH is 1. The molecule has 3 N–H and O–H groups in total. The molecule has 1 unspecified atom stereocenters. The molecule has 0 saturated heterocycles. The van der Waals surface area contributed by atoms with Gasteiger partial charge in [-0.2, -0.15) is 0 Å². The van der Waals surface area contributed by atoms with Crippen molar-refractivity contribution in [2.24, 2.45) is 4.99 Å². The van der Waals surface area contributed by atoms with E-state index in [4.69, 9.17) is 0 Å². The third kappa shape index (κ3) is 9.38. The maximum absolute atomic E-state index is 12.1. The predicted molar refractivity (Wildman–Crippen MR) is 118 cm³/mol. The molecule has 26 heavy (non-hydrogen) atoms. The number of carbonyl (C=O) groups excluding carboxylic acids is 1. The van der Waals surface area contributed by atoms with Gasteiger partial charge in [0.05, 0.1) is 19.2 Å². The van der Waals surface area contributed by atoms with Crippen molar-refractivity contribution < 1.29 is 9.90 Å². The molecule has 0 bridgehead atoms. The molecule has 1 atom stereocenters. The molecule has 1 rings (SSSR count). The molecule has 0 spiro atoms. The molecule has 0 saturated carbocycles. The first kappa shape index (κ1) is 24.7. The lowest BCUT2D eigenvalue weighted by molar-refractivity contribution is -0.122. The summed E-state index contributed by atoms with van der Waals surface area (Å²) in [5.74, 6) is 0.525. The highest BCUT2D eigenvalue weighted by Gasteiger charge is 2.17. The highest BCUT2D eigenvalue weighted by atomic mass is 127. The summed E-state index contributed by atoms with van der Waals surface area (Å²) in [6, 6.07) is 7.75. The number of nitrogens with zero attached hydrogens (tertiary/aromatic N) is 2. The topological polar surface area (TPSA) is 77.0 Å². The predicted octanol–water partition coefficient (Wildman–Crippen LogP) is 2.46. The van der Waals surface area contributed by atoms with Gasteiger partial charge in [-0.1, -0.05) is 29.8 Å². The van der Waals surface area contributed by atoms with E-state index in [1.54, 1.807) is 4.90 Å². The van der Waals surface area contributed by atoms with Crippen LogP contribution >= 0.6 is 24.0 Å². The molecule has 0 aliphatic rings. The summed E-state index contributed by atoms with van der Waals surface area (Å²) in [6.45, 7) is 10.9. The molecule has 6 nitrogen and oxygen atoms in total. The number of hydrogen-bond donors (Lipinski definition) is 3. The fraction of sp³-hybridized carbons (Fsp3) is 0.579. The first-order chi connectivity index (χ1) is 11.6. The standard InChI is InChI=1S/C19H32N4O2.HI/c1-7-20-18(23(6)13-17(25)22-19(3,4)5)21-12-16(24)15-10-8-14(2)9-11-15;/h8-11,16,24H,7,12-13H2,1-6H3,(H,20,21)(H,22,25);1H. The zero-order valence-electron chi connectivity index (χ0n) is 16.7. The van der Waals surface area contributed by atoms with Crippen LogP contribution in [0.4, 0.5) is 0 Å². The van der Waals surface area contributed by atoms with Gasteiger partial charge in [-0.3, -0.25) is 9.79 Å². The number of amides is 1. The summed E-state index contributed by atoms with van der Waals surface area (Å²) in [5, 5.41) is 16.4. The van der Waals surface area contributed by atoms with Crippen molar-refractivity contribution in [3.63, 3.8) is 0 Å². The Balaban J connectivity index is 0.00000625. The molecule has 7 heteroatoms. The second-order valence-electron chi connectivity index (χ2n) is 7.28. The number of aryl methyl sites for hydroxylation is 1. The van der Waals surface area contributed by atoms with Crippen LogP contribution in [-0.2, 0) is 4.79 Å². The van der Waals surface area contributed by atoms with Gasteiger partial charge in [0.1, 0.15) is 0 Å². The third-order valence-electron chi connectivity index (χ3n) is 3.47. The number of guanidine groups is 1. The normalized spacial score (nSPS) is 12.8. The van der Waals surface area contributed by atoms with Crippen LogP contribution in [0.1, 0.15) is 44.9 Å². The summed E-state index contributed by atoms with van der Waals surface area (Å²) in [5.41, 5.74) is 1.71. The van der Waals surface area contributed by atoms with E-state index in [2.05, 4.69) is 15.6 Å². The van der Waals surface area contributed by atoms with E-state index >= 15 is 0 Å². The lowest BCUT2D eigenvalue weighted by Gasteiger charge is -2.25. The Bertz CT molecular complexity index is 582. The number of halogens is 1. The van der Waals surface area contributed by atoms with Crippen LogP contribution in [-0.4, -0.2) is 54.1 Å². The maximum atomic E-state index is 12.1. The number of hydrogen-bond acceptors (Lipinski definition) is 3. The number of nitrogens with one attached hydrogen (secondary N) is 2. The summed E-state index contributed by atoms with van der Waals surface area (Å²) in [6.07, 6.45) is -0.675. The van der Waals surface area contributed by atoms with E-state index in [9.17, 15) is 9.90 Å². The second kappa shape index (κ2) is 11.4. The molecule has 0 aliphatic carbocycles. The number of benzene rings is 1. The molecule has 1 aromatic rings. The summed E-state index contributed by atoms with van der Waals surface area (Å²) in [7, 11) is 1.81. The molecule has 1 aromatic carbocycles. The van der Waals surface area contributed by atoms with E-state index in [0.29, 0.717) is 12.5 Å². The van der Waals surface area contributed by atoms with Gasteiger partial charge in [-0.25, -0.2) is 0 Å². The quantitative estimate of drug-likeness (QED) is 0.335. The van der Waals surface area contributed by atoms with Crippen molar-refractivity contribution in [3.05, 3.63) is 35.4 Å². The van der Waals surface area contributed by atoms with Gasteiger partial charge in [0, 0.05) is 19.1 Å². The van der Waals surface area contributed by atoms with Crippen LogP contribution in [0.15, 0.2) is 29.3 Å². The first-order valence-corrected chi connectivity index (χ1v) is 8.67. The zero-order valence-corrected chi connectivity index (χ0v) is 19.0. The van der Waals surface area contributed by atoms with E-state index in [1.807, 2.05) is 65.9 Å². The van der Waals surface area contributed by atoms with Gasteiger partial charge in [0.15, 0.2) is 5.96 Å². The Morgan fingerprint density at radius 3 is 2.35 bits per heavy atom. The van der Waals surface area contributed by atoms with Gasteiger partial charge in [-0.05, 0) is 40.2 Å². The number of carbonyl (C=O) groups is 1. The van der Waals surface area contributed by atoms with Gasteiger partial charge in [0.25, 0.3) is 0 Å². The molecule has 0 heterocycles. The zero-order chi connectivity index (χ0) is 19.0. The van der Waals surface area contributed by atoms with Crippen molar-refractivity contribution in [1.82, 2.24) is 15.5 Å². The van der Waals surface area contributed by atoms with E-state index in [0.717, 1.165) is 11.1 Å². The Morgan fingerprint density at radius 1 is 1.27 bits per heavy atom. The largest absolute Gasteiger partial charge is 0.386 e. The SMILES string of the molecule is CCNC(=NCC(O)c1ccc(C)cc1)N(C)CC(=O)NC(C)(C)C.I. The van der Waals surface area contributed by atoms with Crippen molar-refractivity contribution in [2.45, 2.75) is 46.3 Å². The molecule has 0 fully saturated rings. The summed E-state index contributed by atoms with van der Waals surface area (Å²) in [4.78, 5) is 18.3. The third-order valence-corrected chi connectivity index (χ3v) is 3.47. The molecule has 148 valence electrons. The fourth-order valence-electron chi connectivity index (χ4n) is 2.28. The second-order valence-corrected chi connectivity index (χ2v) is 7.28. The van der Waals surface area contributed by atoms with E-state index in [1.165, 1.54) is 0 Å². The van der Waals surface area contributed by atoms with Gasteiger partial charge in [0.2, 0.25) is 5.91 Å². The minimum absolute atomic E-state index is 0. The van der Waals surface area contributed by atoms with Crippen LogP contribution in [0.2, 0.25) is 0 Å². The number of aliphatic imine (C=N–C) groups is 1. The average Bonchev–Trinajstić information content (AvgIpc) is 2.49. The number of aliphatic hydroxyl groups is 1. The Labute approximate surface area is 174 Å². The minimum atomic E-state index is -0.675. The Kier molecular flexibility index (Phi) is 10.8. The molecule has 0 radical (unpaired) electrons. The highest BCUT2D eigenvalue weighted by Crippen LogP contribution is 2.14. The molecule has 0 aromatic heterocycles. The summed E-state index contributed by atoms with van der Waals surface area (Å²) < 4.78 is 0. The molecular formula is C19H33IN4O2. The van der Waals surface area contributed by atoms with Gasteiger partial charge >= 0.3 is 0 Å². The fourth-order valence-corrected chi connectivity index (χ4v) is 2.28. The van der Waals surface area contributed by atoms with Crippen LogP contribution in [0, 0.1) is 6.92 Å². The van der Waals surface area contributed by atoms with Crippen molar-refractivity contribution in [2.75, 3.05) is 26.7 Å². The van der Waals surface area contributed by atoms with Crippen LogP contribution in [0.25, 0.3) is 0 Å². The van der Waals surface area contributed by atoms with Crippen LogP contribution in [0.5, 0.6) is 0 Å². The maximum Gasteiger partial charge on any atom is 0.240 e. The van der Waals surface area contributed by atoms with Gasteiger partial charge in [-0.15, -0.1) is 24.0 Å². The molecular weight excluding hydrogens is 443 g/mol. The summed E-state index contributed by atoms with van der Waals surface area (Å²) >= 11 is 0. The van der Waals surface area contributed by atoms with Gasteiger partial charge < -0.3 is 20.6 Å². The number of likely N-dealkylation sites (N-methyl/N-ethyl adjacent to an activating group) is 1. The average molecular weight is 476 g/mol. The molecule has 1 amide bonds. The number of rotatable bonds is 6. The van der Waals surface area contributed by atoms with Crippen molar-refractivity contribution in [3.8, 4) is 0 Å². The monoisotopic (exact) mass is 476 g/mol. The first-order valence-electron chi connectivity index (χ1n) is 8.67. The lowest BCUT2D eigenvalue weighted by atomic mass is 10.1. The van der Waals surface area contributed by atoms with E-state index in [-0.39, 0.29) is 48.5 Å². The highest BCUT2D eigenvalue weighted by molar-refractivity contribution is 14.0.